The van der Waals surface area contributed by atoms with Gasteiger partial charge in [-0.1, -0.05) is 30.3 Å². The van der Waals surface area contributed by atoms with Crippen molar-refractivity contribution in [1.82, 2.24) is 19.7 Å². The zero-order chi connectivity index (χ0) is 19.5. The average Bonchev–Trinajstić information content (AvgIpc) is 2.89. The third kappa shape index (κ3) is 4.79. The van der Waals surface area contributed by atoms with Crippen LogP contribution in [0.25, 0.3) is 0 Å². The number of hydrogen-bond donors (Lipinski definition) is 2. The lowest BCUT2D eigenvalue weighted by atomic mass is 10.2. The summed E-state index contributed by atoms with van der Waals surface area (Å²) in [7, 11) is 0. The molecule has 2 aromatic rings. The molecular weight excluding hydrogens is 395 g/mol. The third-order valence-electron chi connectivity index (χ3n) is 3.23. The average molecular weight is 410 g/mol. The fraction of sp³-hybridized carbons (Fsp3) is 0.429. The summed E-state index contributed by atoms with van der Waals surface area (Å²) in [6, 6.07) is 0.689. The number of nitrogens with zero attached hydrogens (tertiary/aromatic N) is 3. The lowest BCUT2D eigenvalue weighted by molar-refractivity contribution is -0.137. The van der Waals surface area contributed by atoms with Gasteiger partial charge in [0, 0.05) is 12.7 Å². The SMILES string of the molecule is CCCn1c(S[C@H](C)C(=O)Nc2ncc(C(F)(F)F)cc2Cl)n[nH]c1=O. The maximum atomic E-state index is 12.6. The predicted octanol–water partition coefficient (Wildman–Crippen LogP) is 3.17. The number of aromatic amines is 1. The number of aromatic nitrogens is 4. The highest BCUT2D eigenvalue weighted by atomic mass is 35.5. The van der Waals surface area contributed by atoms with Gasteiger partial charge in [-0.2, -0.15) is 13.2 Å². The van der Waals surface area contributed by atoms with E-state index in [0.29, 0.717) is 30.4 Å². The number of hydrogen-bond acceptors (Lipinski definition) is 5. The van der Waals surface area contributed by atoms with Crippen LogP contribution in [-0.4, -0.2) is 30.9 Å². The van der Waals surface area contributed by atoms with Gasteiger partial charge in [-0.15, -0.1) is 5.10 Å². The quantitative estimate of drug-likeness (QED) is 0.715. The van der Waals surface area contributed by atoms with E-state index < -0.39 is 22.9 Å². The van der Waals surface area contributed by atoms with E-state index in [4.69, 9.17) is 11.6 Å². The Balaban J connectivity index is 2.09. The highest BCUT2D eigenvalue weighted by molar-refractivity contribution is 8.00. The summed E-state index contributed by atoms with van der Waals surface area (Å²) in [6.07, 6.45) is -3.28. The molecule has 2 N–H and O–H groups in total. The number of alkyl halides is 3. The van der Waals surface area contributed by atoms with Crippen LogP contribution in [0.3, 0.4) is 0 Å². The fourth-order valence-electron chi connectivity index (χ4n) is 1.93. The van der Waals surface area contributed by atoms with Crippen molar-refractivity contribution in [3.8, 4) is 0 Å². The van der Waals surface area contributed by atoms with Crippen molar-refractivity contribution < 1.29 is 18.0 Å². The second kappa shape index (κ2) is 8.12. The number of rotatable bonds is 6. The fourth-order valence-corrected chi connectivity index (χ4v) is 3.02. The predicted molar refractivity (Wildman–Crippen MR) is 91.3 cm³/mol. The Morgan fingerprint density at radius 3 is 2.77 bits per heavy atom. The Hall–Kier alpha value is -2.01. The summed E-state index contributed by atoms with van der Waals surface area (Å²) in [6.45, 7) is 3.90. The molecule has 0 bridgehead atoms. The minimum absolute atomic E-state index is 0.176. The highest BCUT2D eigenvalue weighted by Gasteiger charge is 2.32. The number of thioether (sulfide) groups is 1. The molecule has 1 amide bonds. The Kier molecular flexibility index (Phi) is 6.34. The van der Waals surface area contributed by atoms with Crippen LogP contribution in [0.1, 0.15) is 25.8 Å². The van der Waals surface area contributed by atoms with E-state index in [0.717, 1.165) is 11.8 Å². The van der Waals surface area contributed by atoms with Gasteiger partial charge in [0.1, 0.15) is 0 Å². The van der Waals surface area contributed by atoms with Crippen LogP contribution in [0, 0.1) is 0 Å². The van der Waals surface area contributed by atoms with E-state index in [2.05, 4.69) is 20.5 Å². The van der Waals surface area contributed by atoms with E-state index in [1.165, 1.54) is 4.57 Å². The molecule has 142 valence electrons. The van der Waals surface area contributed by atoms with Crippen LogP contribution in [0.5, 0.6) is 0 Å². The largest absolute Gasteiger partial charge is 0.417 e. The van der Waals surface area contributed by atoms with E-state index in [-0.39, 0.29) is 16.5 Å². The van der Waals surface area contributed by atoms with E-state index in [1.807, 2.05) is 6.92 Å². The van der Waals surface area contributed by atoms with Crippen molar-refractivity contribution in [1.29, 1.82) is 0 Å². The third-order valence-corrected chi connectivity index (χ3v) is 4.61. The van der Waals surface area contributed by atoms with Crippen LogP contribution in [0.15, 0.2) is 22.2 Å². The maximum absolute atomic E-state index is 12.6. The molecule has 0 radical (unpaired) electrons. The van der Waals surface area contributed by atoms with Gasteiger partial charge in [-0.05, 0) is 19.4 Å². The van der Waals surface area contributed by atoms with Crippen molar-refractivity contribution in [2.24, 2.45) is 0 Å². The minimum Gasteiger partial charge on any atom is -0.308 e. The van der Waals surface area contributed by atoms with Crippen LogP contribution in [-0.2, 0) is 17.5 Å². The Morgan fingerprint density at radius 1 is 1.50 bits per heavy atom. The van der Waals surface area contributed by atoms with Gasteiger partial charge in [0.05, 0.1) is 15.8 Å². The van der Waals surface area contributed by atoms with Crippen molar-refractivity contribution in [2.45, 2.75) is 43.4 Å². The van der Waals surface area contributed by atoms with Gasteiger partial charge in [0.15, 0.2) is 11.0 Å². The molecule has 2 aromatic heterocycles. The number of anilines is 1. The number of carbonyl (C=O) groups is 1. The number of nitrogens with one attached hydrogen (secondary N) is 2. The molecular formula is C14H15ClF3N5O2S. The molecule has 0 saturated carbocycles. The monoisotopic (exact) mass is 409 g/mol. The minimum atomic E-state index is -4.58. The van der Waals surface area contributed by atoms with Gasteiger partial charge >= 0.3 is 11.9 Å². The van der Waals surface area contributed by atoms with E-state index >= 15 is 0 Å². The van der Waals surface area contributed by atoms with Gasteiger partial charge in [-0.3, -0.25) is 9.36 Å². The first-order valence-corrected chi connectivity index (χ1v) is 8.74. The van der Waals surface area contributed by atoms with Gasteiger partial charge in [0.25, 0.3) is 0 Å². The zero-order valence-electron chi connectivity index (χ0n) is 13.7. The molecule has 0 aliphatic heterocycles. The molecule has 0 aliphatic carbocycles. The van der Waals surface area contributed by atoms with Gasteiger partial charge < -0.3 is 5.32 Å². The van der Waals surface area contributed by atoms with E-state index in [9.17, 15) is 22.8 Å². The molecule has 0 unspecified atom stereocenters. The van der Waals surface area contributed by atoms with Gasteiger partial charge in [-0.25, -0.2) is 14.9 Å². The van der Waals surface area contributed by atoms with Crippen molar-refractivity contribution in [3.05, 3.63) is 33.3 Å². The first-order valence-electron chi connectivity index (χ1n) is 7.49. The summed E-state index contributed by atoms with van der Waals surface area (Å²) in [5.74, 6) is -0.715. The number of halogens is 4. The molecule has 2 heterocycles. The molecule has 1 atom stereocenters. The van der Waals surface area contributed by atoms with Crippen molar-refractivity contribution >= 4 is 35.1 Å². The highest BCUT2D eigenvalue weighted by Crippen LogP contribution is 2.32. The number of H-pyrrole nitrogens is 1. The van der Waals surface area contributed by atoms with Crippen molar-refractivity contribution in [2.75, 3.05) is 5.32 Å². The maximum Gasteiger partial charge on any atom is 0.417 e. The topological polar surface area (TPSA) is 92.7 Å². The second-order valence-corrected chi connectivity index (χ2v) is 6.98. The second-order valence-electron chi connectivity index (χ2n) is 5.26. The summed E-state index contributed by atoms with van der Waals surface area (Å²) < 4.78 is 39.2. The molecule has 0 spiro atoms. The molecule has 0 aromatic carbocycles. The first-order chi connectivity index (χ1) is 12.1. The number of pyridine rings is 1. The van der Waals surface area contributed by atoms with Crippen LogP contribution in [0.4, 0.5) is 19.0 Å². The lowest BCUT2D eigenvalue weighted by Gasteiger charge is -2.13. The molecule has 26 heavy (non-hydrogen) atoms. The molecule has 0 saturated heterocycles. The summed E-state index contributed by atoms with van der Waals surface area (Å²) in [4.78, 5) is 27.4. The number of carbonyl (C=O) groups excluding carboxylic acids is 1. The summed E-state index contributed by atoms with van der Waals surface area (Å²) >= 11 is 6.80. The molecule has 7 nitrogen and oxygen atoms in total. The Bertz CT molecular complexity index is 852. The van der Waals surface area contributed by atoms with Crippen LogP contribution < -0.4 is 11.0 Å². The summed E-state index contributed by atoms with van der Waals surface area (Å²) in [5.41, 5.74) is -1.39. The van der Waals surface area contributed by atoms with Gasteiger partial charge in [0.2, 0.25) is 5.91 Å². The molecule has 0 aliphatic rings. The molecule has 12 heteroatoms. The van der Waals surface area contributed by atoms with Crippen molar-refractivity contribution in [3.63, 3.8) is 0 Å². The summed E-state index contributed by atoms with van der Waals surface area (Å²) in [5, 5.41) is 7.86. The zero-order valence-corrected chi connectivity index (χ0v) is 15.3. The smallest absolute Gasteiger partial charge is 0.308 e. The molecule has 0 fully saturated rings. The molecule has 2 rings (SSSR count). The Labute approximate surface area is 155 Å². The first kappa shape index (κ1) is 20.3. The van der Waals surface area contributed by atoms with Crippen LogP contribution in [0.2, 0.25) is 5.02 Å². The Morgan fingerprint density at radius 2 is 2.19 bits per heavy atom. The van der Waals surface area contributed by atoms with E-state index in [1.54, 1.807) is 6.92 Å². The van der Waals surface area contributed by atoms with Crippen LogP contribution >= 0.6 is 23.4 Å². The normalized spacial score (nSPS) is 12.8. The number of amides is 1. The standard InChI is InChI=1S/C14H15ClF3N5O2S/c1-3-4-23-12(25)21-22-13(23)26-7(2)11(24)20-10-9(15)5-8(6-19-10)14(16,17)18/h5-7H,3-4H2,1-2H3,(H,21,25)(H,19,20,24)/t7-/m1/s1. The lowest BCUT2D eigenvalue weighted by Crippen LogP contribution is -2.24.